The number of oxazole rings is 1. The Morgan fingerprint density at radius 1 is 1.10 bits per heavy atom. The number of anilines is 1. The molecule has 0 unspecified atom stereocenters. The van der Waals surface area contributed by atoms with Crippen LogP contribution in [-0.4, -0.2) is 21.8 Å². The van der Waals surface area contributed by atoms with Gasteiger partial charge in [-0.3, -0.25) is 10.1 Å². The number of thiazole rings is 1. The normalized spacial score (nSPS) is 10.7. The number of aromatic carboxylic acids is 1. The molecule has 7 nitrogen and oxygen atoms in total. The van der Waals surface area contributed by atoms with Gasteiger partial charge in [0.1, 0.15) is 0 Å². The predicted molar refractivity (Wildman–Crippen MR) is 112 cm³/mol. The molecule has 0 fully saturated rings. The Labute approximate surface area is 183 Å². The molecule has 30 heavy (non-hydrogen) atoms. The number of carboxylic acids is 1. The molecule has 1 N–H and O–H groups in total. The van der Waals surface area contributed by atoms with Crippen molar-refractivity contribution < 1.29 is 19.1 Å². The standard InChI is InChI=1S/C20H11Cl2N3O4S/c21-10-5-6-13(14(22)7-10)15-8-30-20(24-15)25-18(26)16-17(29-9-23-16)11-3-1-2-4-12(11)19(27)28/h1-9H,(H,27,28)(H,24,25,26)/p-1. The monoisotopic (exact) mass is 458 g/mol. The maximum absolute atomic E-state index is 12.7. The number of nitrogens with one attached hydrogen (secondary N) is 1. The van der Waals surface area contributed by atoms with Crippen molar-refractivity contribution in [2.75, 3.05) is 5.32 Å². The summed E-state index contributed by atoms with van der Waals surface area (Å²) in [4.78, 5) is 32.4. The van der Waals surface area contributed by atoms with Gasteiger partial charge in [0.2, 0.25) is 0 Å². The lowest BCUT2D eigenvalue weighted by Gasteiger charge is -2.08. The van der Waals surface area contributed by atoms with Gasteiger partial charge in [0.15, 0.2) is 23.0 Å². The van der Waals surface area contributed by atoms with Crippen LogP contribution in [0.15, 0.2) is 58.7 Å². The first-order chi connectivity index (χ1) is 14.4. The summed E-state index contributed by atoms with van der Waals surface area (Å²) >= 11 is 13.3. The van der Waals surface area contributed by atoms with Gasteiger partial charge >= 0.3 is 0 Å². The smallest absolute Gasteiger partial charge is 0.280 e. The number of nitrogens with zero attached hydrogens (tertiary/aromatic N) is 2. The molecular weight excluding hydrogens is 449 g/mol. The van der Waals surface area contributed by atoms with Crippen LogP contribution in [-0.2, 0) is 0 Å². The fourth-order valence-corrected chi connectivity index (χ4v) is 3.98. The first kappa shape index (κ1) is 20.1. The Balaban J connectivity index is 1.61. The molecule has 10 heteroatoms. The minimum Gasteiger partial charge on any atom is -0.545 e. The third-order valence-corrected chi connectivity index (χ3v) is 5.41. The number of rotatable bonds is 5. The quantitative estimate of drug-likeness (QED) is 0.474. The van der Waals surface area contributed by atoms with E-state index in [1.165, 1.54) is 23.5 Å². The van der Waals surface area contributed by atoms with Crippen molar-refractivity contribution in [2.24, 2.45) is 0 Å². The number of halogens is 2. The molecule has 1 amide bonds. The van der Waals surface area contributed by atoms with E-state index in [-0.39, 0.29) is 22.6 Å². The van der Waals surface area contributed by atoms with E-state index in [1.807, 2.05) is 0 Å². The van der Waals surface area contributed by atoms with E-state index in [2.05, 4.69) is 15.3 Å². The third-order valence-electron chi connectivity index (χ3n) is 4.11. The number of carbonyl (C=O) groups excluding carboxylic acids is 2. The lowest BCUT2D eigenvalue weighted by Crippen LogP contribution is -2.23. The molecule has 0 atom stereocenters. The van der Waals surface area contributed by atoms with Gasteiger partial charge in [0.05, 0.1) is 16.7 Å². The van der Waals surface area contributed by atoms with E-state index in [4.69, 9.17) is 27.6 Å². The Bertz CT molecular complexity index is 1270. The van der Waals surface area contributed by atoms with E-state index in [1.54, 1.807) is 35.7 Å². The number of aromatic nitrogens is 2. The van der Waals surface area contributed by atoms with Gasteiger partial charge in [-0.1, -0.05) is 47.5 Å². The zero-order valence-electron chi connectivity index (χ0n) is 14.9. The zero-order valence-corrected chi connectivity index (χ0v) is 17.2. The lowest BCUT2D eigenvalue weighted by atomic mass is 10.0. The van der Waals surface area contributed by atoms with E-state index < -0.39 is 11.9 Å². The van der Waals surface area contributed by atoms with E-state index >= 15 is 0 Å². The number of benzene rings is 2. The maximum Gasteiger partial charge on any atom is 0.280 e. The Kier molecular flexibility index (Phi) is 5.54. The molecule has 0 aliphatic rings. The average molecular weight is 459 g/mol. The van der Waals surface area contributed by atoms with Crippen LogP contribution in [0.4, 0.5) is 5.13 Å². The van der Waals surface area contributed by atoms with Crippen LogP contribution in [0.25, 0.3) is 22.6 Å². The van der Waals surface area contributed by atoms with Crippen LogP contribution < -0.4 is 10.4 Å². The molecule has 4 rings (SSSR count). The summed E-state index contributed by atoms with van der Waals surface area (Å²) in [6.07, 6.45) is 1.07. The molecule has 0 radical (unpaired) electrons. The molecule has 2 heterocycles. The van der Waals surface area contributed by atoms with Crippen molar-refractivity contribution in [1.29, 1.82) is 0 Å². The topological polar surface area (TPSA) is 108 Å². The molecule has 0 aliphatic heterocycles. The second-order valence-corrected chi connectivity index (χ2v) is 7.68. The molecule has 0 bridgehead atoms. The summed E-state index contributed by atoms with van der Waals surface area (Å²) in [5, 5.41) is 17.0. The van der Waals surface area contributed by atoms with Crippen molar-refractivity contribution in [2.45, 2.75) is 0 Å². The van der Waals surface area contributed by atoms with Gasteiger partial charge in [-0.25, -0.2) is 9.97 Å². The Morgan fingerprint density at radius 3 is 2.67 bits per heavy atom. The van der Waals surface area contributed by atoms with Crippen molar-refractivity contribution >= 4 is 51.5 Å². The largest absolute Gasteiger partial charge is 0.545 e. The minimum atomic E-state index is -1.39. The van der Waals surface area contributed by atoms with E-state index in [9.17, 15) is 14.7 Å². The second-order valence-electron chi connectivity index (χ2n) is 5.98. The lowest BCUT2D eigenvalue weighted by molar-refractivity contribution is -0.254. The molecule has 0 aliphatic carbocycles. The summed E-state index contributed by atoms with van der Waals surface area (Å²) in [6, 6.07) is 11.1. The fraction of sp³-hybridized carbons (Fsp3) is 0. The number of carbonyl (C=O) groups is 2. The summed E-state index contributed by atoms with van der Waals surface area (Å²) in [6.45, 7) is 0. The number of hydrogen-bond acceptors (Lipinski definition) is 7. The van der Waals surface area contributed by atoms with Crippen LogP contribution in [0, 0.1) is 0 Å². The van der Waals surface area contributed by atoms with Crippen molar-refractivity contribution in [3.63, 3.8) is 0 Å². The van der Waals surface area contributed by atoms with Gasteiger partial charge in [0, 0.05) is 27.1 Å². The molecule has 0 spiro atoms. The number of hydrogen-bond donors (Lipinski definition) is 1. The van der Waals surface area contributed by atoms with Crippen LogP contribution in [0.3, 0.4) is 0 Å². The Hall–Kier alpha value is -3.20. The summed E-state index contributed by atoms with van der Waals surface area (Å²) < 4.78 is 5.29. The highest BCUT2D eigenvalue weighted by Gasteiger charge is 2.22. The molecule has 4 aromatic rings. The predicted octanol–water partition coefficient (Wildman–Crippen LogP) is 4.39. The molecule has 0 saturated carbocycles. The molecular formula is C20H10Cl2N3O4S-. The highest BCUT2D eigenvalue weighted by molar-refractivity contribution is 7.14. The third kappa shape index (κ3) is 3.93. The zero-order chi connectivity index (χ0) is 21.3. The molecule has 2 aromatic heterocycles. The summed E-state index contributed by atoms with van der Waals surface area (Å²) in [5.74, 6) is -1.97. The van der Waals surface area contributed by atoms with Gasteiger partial charge in [-0.15, -0.1) is 11.3 Å². The fourth-order valence-electron chi connectivity index (χ4n) is 2.77. The van der Waals surface area contributed by atoms with E-state index in [0.29, 0.717) is 26.4 Å². The van der Waals surface area contributed by atoms with Gasteiger partial charge in [-0.05, 0) is 18.2 Å². The van der Waals surface area contributed by atoms with Crippen molar-refractivity contribution in [3.8, 4) is 22.6 Å². The van der Waals surface area contributed by atoms with Crippen molar-refractivity contribution in [3.05, 3.63) is 75.5 Å². The molecule has 150 valence electrons. The number of carboxylic acid groups (broad SMARTS) is 1. The second kappa shape index (κ2) is 8.27. The minimum absolute atomic E-state index is 0.0184. The van der Waals surface area contributed by atoms with Gasteiger partial charge < -0.3 is 14.3 Å². The van der Waals surface area contributed by atoms with Crippen molar-refractivity contribution in [1.82, 2.24) is 9.97 Å². The van der Waals surface area contributed by atoms with Crippen LogP contribution in [0.1, 0.15) is 20.8 Å². The maximum atomic E-state index is 12.7. The van der Waals surface area contributed by atoms with Gasteiger partial charge in [0.25, 0.3) is 5.91 Å². The molecule has 2 aromatic carbocycles. The van der Waals surface area contributed by atoms with Crippen LogP contribution in [0.5, 0.6) is 0 Å². The Morgan fingerprint density at radius 2 is 1.90 bits per heavy atom. The summed E-state index contributed by atoms with van der Waals surface area (Å²) in [7, 11) is 0. The van der Waals surface area contributed by atoms with Crippen LogP contribution >= 0.6 is 34.5 Å². The van der Waals surface area contributed by atoms with E-state index in [0.717, 1.165) is 6.39 Å². The first-order valence-corrected chi connectivity index (χ1v) is 10.0. The first-order valence-electron chi connectivity index (χ1n) is 8.40. The van der Waals surface area contributed by atoms with Gasteiger partial charge in [-0.2, -0.15) is 0 Å². The molecule has 0 saturated heterocycles. The average Bonchev–Trinajstić information content (AvgIpc) is 3.37. The summed E-state index contributed by atoms with van der Waals surface area (Å²) in [5.41, 5.74) is 1.23. The highest BCUT2D eigenvalue weighted by Crippen LogP contribution is 2.33. The SMILES string of the molecule is O=C([O-])c1ccccc1-c1ocnc1C(=O)Nc1nc(-c2ccc(Cl)cc2Cl)cs1. The van der Waals surface area contributed by atoms with Crippen LogP contribution in [0.2, 0.25) is 10.0 Å². The highest BCUT2D eigenvalue weighted by atomic mass is 35.5. The number of amides is 1.